The highest BCUT2D eigenvalue weighted by atomic mass is 35.5. The Morgan fingerprint density at radius 1 is 1.22 bits per heavy atom. The zero-order valence-corrected chi connectivity index (χ0v) is 15.6. The van der Waals surface area contributed by atoms with E-state index in [4.69, 9.17) is 17.3 Å². The van der Waals surface area contributed by atoms with E-state index in [9.17, 15) is 14.4 Å². The van der Waals surface area contributed by atoms with Gasteiger partial charge >= 0.3 is 0 Å². The van der Waals surface area contributed by atoms with E-state index >= 15 is 0 Å². The third-order valence-corrected chi connectivity index (χ3v) is 4.96. The molecule has 0 fully saturated rings. The van der Waals surface area contributed by atoms with Gasteiger partial charge < -0.3 is 11.1 Å². The molecule has 0 bridgehead atoms. The number of primary amides is 1. The molecular formula is C18H15ClN4O3S. The van der Waals surface area contributed by atoms with E-state index in [1.54, 1.807) is 36.4 Å². The van der Waals surface area contributed by atoms with Gasteiger partial charge in [-0.2, -0.15) is 0 Å². The van der Waals surface area contributed by atoms with E-state index < -0.39 is 11.8 Å². The van der Waals surface area contributed by atoms with Crippen molar-refractivity contribution in [2.24, 2.45) is 5.73 Å². The third kappa shape index (κ3) is 4.66. The highest BCUT2D eigenvalue weighted by Crippen LogP contribution is 2.26. The summed E-state index contributed by atoms with van der Waals surface area (Å²) in [6.07, 6.45) is 1.33. The van der Waals surface area contributed by atoms with Crippen LogP contribution in [0.4, 0.5) is 5.69 Å². The summed E-state index contributed by atoms with van der Waals surface area (Å²) in [6, 6.07) is 11.9. The first-order valence-electron chi connectivity index (χ1n) is 7.89. The Labute approximate surface area is 163 Å². The number of amides is 2. The number of halogens is 1. The number of anilines is 1. The molecule has 3 N–H and O–H groups in total. The smallest absolute Gasteiger partial charge is 0.261 e. The summed E-state index contributed by atoms with van der Waals surface area (Å²) in [4.78, 5) is 40.8. The number of para-hydroxylation sites is 1. The molecule has 27 heavy (non-hydrogen) atoms. The molecule has 1 aromatic heterocycles. The van der Waals surface area contributed by atoms with Crippen LogP contribution in [0.2, 0.25) is 5.02 Å². The Hall–Kier alpha value is -2.84. The number of nitrogens with zero attached hydrogens (tertiary/aromatic N) is 2. The van der Waals surface area contributed by atoms with Gasteiger partial charge in [0.15, 0.2) is 0 Å². The van der Waals surface area contributed by atoms with Crippen LogP contribution in [0.3, 0.4) is 0 Å². The van der Waals surface area contributed by atoms with E-state index in [1.807, 2.05) is 0 Å². The predicted octanol–water partition coefficient (Wildman–Crippen LogP) is 2.27. The van der Waals surface area contributed by atoms with Crippen molar-refractivity contribution in [2.45, 2.75) is 11.4 Å². The Morgan fingerprint density at radius 3 is 2.78 bits per heavy atom. The fraction of sp³-hybridized carbons (Fsp3) is 0.111. The minimum Gasteiger partial charge on any atom is -0.369 e. The highest BCUT2D eigenvalue weighted by Gasteiger charge is 2.11. The largest absolute Gasteiger partial charge is 0.369 e. The van der Waals surface area contributed by atoms with Gasteiger partial charge in [-0.15, -0.1) is 11.8 Å². The SMILES string of the molecule is NC(=O)CSc1ccccc1NC(=O)Cn1cnc2ccc(Cl)cc2c1=O. The van der Waals surface area contributed by atoms with Crippen LogP contribution < -0.4 is 16.6 Å². The summed E-state index contributed by atoms with van der Waals surface area (Å²) >= 11 is 7.16. The van der Waals surface area contributed by atoms with Crippen molar-refractivity contribution in [2.75, 3.05) is 11.1 Å². The first-order valence-corrected chi connectivity index (χ1v) is 9.25. The minimum atomic E-state index is -0.450. The average Bonchev–Trinajstić information content (AvgIpc) is 2.63. The normalized spacial score (nSPS) is 10.7. The van der Waals surface area contributed by atoms with Gasteiger partial charge in [-0.1, -0.05) is 23.7 Å². The minimum absolute atomic E-state index is 0.0989. The molecule has 0 saturated carbocycles. The van der Waals surface area contributed by atoms with Gasteiger partial charge in [0.1, 0.15) is 6.54 Å². The van der Waals surface area contributed by atoms with Crippen LogP contribution in [0.25, 0.3) is 10.9 Å². The number of rotatable bonds is 6. The van der Waals surface area contributed by atoms with Crippen molar-refractivity contribution in [1.29, 1.82) is 0 Å². The van der Waals surface area contributed by atoms with Gasteiger partial charge in [0.05, 0.1) is 28.7 Å². The molecule has 0 spiro atoms. The molecule has 138 valence electrons. The maximum Gasteiger partial charge on any atom is 0.261 e. The van der Waals surface area contributed by atoms with Crippen molar-refractivity contribution in [3.63, 3.8) is 0 Å². The van der Waals surface area contributed by atoms with E-state index in [2.05, 4.69) is 10.3 Å². The molecule has 2 amide bonds. The molecule has 7 nitrogen and oxygen atoms in total. The summed E-state index contributed by atoms with van der Waals surface area (Å²) in [7, 11) is 0. The number of nitrogens with two attached hydrogens (primary N) is 1. The monoisotopic (exact) mass is 402 g/mol. The highest BCUT2D eigenvalue weighted by molar-refractivity contribution is 8.00. The topological polar surface area (TPSA) is 107 Å². The molecule has 0 aliphatic carbocycles. The van der Waals surface area contributed by atoms with Gasteiger partial charge in [-0.3, -0.25) is 19.0 Å². The molecule has 0 unspecified atom stereocenters. The van der Waals surface area contributed by atoms with Crippen LogP contribution in [0.1, 0.15) is 0 Å². The van der Waals surface area contributed by atoms with Crippen LogP contribution >= 0.6 is 23.4 Å². The lowest BCUT2D eigenvalue weighted by Gasteiger charge is -2.11. The van der Waals surface area contributed by atoms with Crippen molar-refractivity contribution in [1.82, 2.24) is 9.55 Å². The van der Waals surface area contributed by atoms with Crippen molar-refractivity contribution >= 4 is 51.8 Å². The van der Waals surface area contributed by atoms with Crippen LogP contribution in [0.5, 0.6) is 0 Å². The number of hydrogen-bond donors (Lipinski definition) is 2. The number of fused-ring (bicyclic) bond motifs is 1. The molecule has 2 aromatic carbocycles. The van der Waals surface area contributed by atoms with Crippen LogP contribution in [0, 0.1) is 0 Å². The standard InChI is InChI=1S/C18H15ClN4O3S/c19-11-5-6-13-12(7-11)18(26)23(10-21-13)8-17(25)22-14-3-1-2-4-15(14)27-9-16(20)24/h1-7,10H,8-9H2,(H2,20,24)(H,22,25). The molecule has 0 saturated heterocycles. The predicted molar refractivity (Wildman–Crippen MR) is 106 cm³/mol. The lowest BCUT2D eigenvalue weighted by molar-refractivity contribution is -0.117. The Morgan fingerprint density at radius 2 is 2.00 bits per heavy atom. The summed E-state index contributed by atoms with van der Waals surface area (Å²) in [5, 5.41) is 3.51. The Balaban J connectivity index is 1.79. The van der Waals surface area contributed by atoms with E-state index in [0.717, 1.165) is 0 Å². The van der Waals surface area contributed by atoms with Gasteiger partial charge in [0.25, 0.3) is 5.56 Å². The van der Waals surface area contributed by atoms with Crippen molar-refractivity contribution < 1.29 is 9.59 Å². The molecule has 3 aromatic rings. The molecular weight excluding hydrogens is 388 g/mol. The zero-order chi connectivity index (χ0) is 19.4. The lowest BCUT2D eigenvalue weighted by Crippen LogP contribution is -2.28. The van der Waals surface area contributed by atoms with E-state index in [1.165, 1.54) is 28.7 Å². The first-order chi connectivity index (χ1) is 12.9. The number of nitrogens with one attached hydrogen (secondary N) is 1. The number of benzene rings is 2. The fourth-order valence-electron chi connectivity index (χ4n) is 2.43. The summed E-state index contributed by atoms with van der Waals surface area (Å²) in [6.45, 7) is -0.205. The third-order valence-electron chi connectivity index (χ3n) is 3.63. The Kier molecular flexibility index (Phi) is 5.78. The van der Waals surface area contributed by atoms with E-state index in [-0.39, 0.29) is 17.9 Å². The quantitative estimate of drug-likeness (QED) is 0.615. The summed E-state index contributed by atoms with van der Waals surface area (Å²) < 4.78 is 1.22. The van der Waals surface area contributed by atoms with Gasteiger partial charge in [-0.05, 0) is 30.3 Å². The second-order valence-corrected chi connectivity index (χ2v) is 7.09. The summed E-state index contributed by atoms with van der Waals surface area (Å²) in [5.74, 6) is -0.747. The van der Waals surface area contributed by atoms with Gasteiger partial charge in [0.2, 0.25) is 11.8 Å². The molecule has 0 aliphatic rings. The van der Waals surface area contributed by atoms with Crippen molar-refractivity contribution in [3.05, 3.63) is 64.2 Å². The number of thioether (sulfide) groups is 1. The number of carbonyl (C=O) groups excluding carboxylic acids is 2. The average molecular weight is 403 g/mol. The van der Waals surface area contributed by atoms with Gasteiger partial charge in [-0.25, -0.2) is 4.98 Å². The zero-order valence-electron chi connectivity index (χ0n) is 14.0. The molecule has 9 heteroatoms. The molecule has 0 radical (unpaired) electrons. The molecule has 3 rings (SSSR count). The maximum absolute atomic E-state index is 12.5. The van der Waals surface area contributed by atoms with Crippen molar-refractivity contribution in [3.8, 4) is 0 Å². The molecule has 0 atom stereocenters. The maximum atomic E-state index is 12.5. The molecule has 0 aliphatic heterocycles. The fourth-order valence-corrected chi connectivity index (χ4v) is 3.35. The summed E-state index contributed by atoms with van der Waals surface area (Å²) in [5.41, 5.74) is 5.86. The lowest BCUT2D eigenvalue weighted by atomic mass is 10.2. The van der Waals surface area contributed by atoms with E-state index in [0.29, 0.717) is 26.5 Å². The van der Waals surface area contributed by atoms with Crippen LogP contribution in [0.15, 0.2) is 58.5 Å². The number of carbonyl (C=O) groups is 2. The Bertz CT molecular complexity index is 1080. The second kappa shape index (κ2) is 8.24. The second-order valence-electron chi connectivity index (χ2n) is 5.64. The van der Waals surface area contributed by atoms with Gasteiger partial charge in [0, 0.05) is 9.92 Å². The molecule has 1 heterocycles. The van der Waals surface area contributed by atoms with Crippen LogP contribution in [-0.2, 0) is 16.1 Å². The first kappa shape index (κ1) is 18.9. The van der Waals surface area contributed by atoms with Crippen LogP contribution in [-0.4, -0.2) is 27.1 Å². The number of hydrogen-bond acceptors (Lipinski definition) is 5. The number of aromatic nitrogens is 2.